The van der Waals surface area contributed by atoms with Gasteiger partial charge in [-0.05, 0) is 45.4 Å². The smallest absolute Gasteiger partial charge is 0.0887 e. The van der Waals surface area contributed by atoms with E-state index in [9.17, 15) is 0 Å². The highest BCUT2D eigenvalue weighted by Crippen LogP contribution is 2.43. The maximum atomic E-state index is 6.05. The van der Waals surface area contributed by atoms with Crippen LogP contribution in [0.4, 0.5) is 0 Å². The zero-order valence-electron chi connectivity index (χ0n) is 8.47. The van der Waals surface area contributed by atoms with E-state index in [0.29, 0.717) is 0 Å². The van der Waals surface area contributed by atoms with E-state index in [1.54, 1.807) is 22.7 Å². The van der Waals surface area contributed by atoms with Crippen molar-refractivity contribution in [2.45, 2.75) is 18.2 Å². The summed E-state index contributed by atoms with van der Waals surface area (Å²) in [6.45, 7) is 2.18. The minimum atomic E-state index is 0.260. The van der Waals surface area contributed by atoms with Crippen molar-refractivity contribution in [1.29, 1.82) is 0 Å². The SMILES string of the molecule is CCc1ccsc1C(Br)c1cc(Cl)c(Br)s1. The summed E-state index contributed by atoms with van der Waals surface area (Å²) in [7, 11) is 0. The molecule has 2 aromatic heterocycles. The molecule has 1 unspecified atom stereocenters. The predicted molar refractivity (Wildman–Crippen MR) is 81.5 cm³/mol. The molecule has 0 saturated heterocycles. The van der Waals surface area contributed by atoms with Crippen LogP contribution >= 0.6 is 66.1 Å². The van der Waals surface area contributed by atoms with Crippen molar-refractivity contribution in [1.82, 2.24) is 0 Å². The van der Waals surface area contributed by atoms with Gasteiger partial charge in [-0.2, -0.15) is 0 Å². The molecule has 0 radical (unpaired) electrons. The summed E-state index contributed by atoms with van der Waals surface area (Å²) in [5, 5.41) is 2.94. The summed E-state index contributed by atoms with van der Waals surface area (Å²) < 4.78 is 1.00. The Morgan fingerprint density at radius 1 is 1.50 bits per heavy atom. The number of halogens is 3. The van der Waals surface area contributed by atoms with Crippen LogP contribution in [0.1, 0.15) is 27.1 Å². The van der Waals surface area contributed by atoms with Crippen LogP contribution in [0.3, 0.4) is 0 Å². The van der Waals surface area contributed by atoms with Crippen LogP contribution in [0.2, 0.25) is 5.02 Å². The van der Waals surface area contributed by atoms with Gasteiger partial charge >= 0.3 is 0 Å². The van der Waals surface area contributed by atoms with Crippen LogP contribution in [-0.4, -0.2) is 0 Å². The minimum absolute atomic E-state index is 0.260. The molecule has 0 amide bonds. The Balaban J connectivity index is 2.35. The molecule has 0 aromatic carbocycles. The molecule has 2 rings (SSSR count). The molecule has 2 aromatic rings. The highest BCUT2D eigenvalue weighted by Gasteiger charge is 2.18. The lowest BCUT2D eigenvalue weighted by Crippen LogP contribution is -1.90. The maximum Gasteiger partial charge on any atom is 0.0887 e. The first-order valence-corrected chi connectivity index (χ1v) is 8.56. The van der Waals surface area contributed by atoms with Gasteiger partial charge in [-0.3, -0.25) is 0 Å². The topological polar surface area (TPSA) is 0 Å². The minimum Gasteiger partial charge on any atom is -0.147 e. The van der Waals surface area contributed by atoms with Crippen molar-refractivity contribution in [3.05, 3.63) is 41.6 Å². The van der Waals surface area contributed by atoms with Gasteiger partial charge in [0.25, 0.3) is 0 Å². The normalized spacial score (nSPS) is 13.0. The Morgan fingerprint density at radius 2 is 2.25 bits per heavy atom. The van der Waals surface area contributed by atoms with Crippen LogP contribution in [0.5, 0.6) is 0 Å². The van der Waals surface area contributed by atoms with Crippen LogP contribution in [0.25, 0.3) is 0 Å². The molecule has 5 heteroatoms. The molecule has 2 heterocycles. The average molecular weight is 401 g/mol. The third-order valence-corrected chi connectivity index (χ3v) is 7.43. The molecule has 1 atom stereocenters. The Morgan fingerprint density at radius 3 is 2.81 bits per heavy atom. The molecule has 0 aliphatic heterocycles. The molecule has 0 bridgehead atoms. The third-order valence-electron chi connectivity index (χ3n) is 2.31. The van der Waals surface area contributed by atoms with Crippen molar-refractivity contribution in [3.63, 3.8) is 0 Å². The molecule has 0 fully saturated rings. The first-order valence-electron chi connectivity index (χ1n) is 4.78. The molecule has 0 spiro atoms. The number of alkyl halides is 1. The van der Waals surface area contributed by atoms with Gasteiger partial charge in [0, 0.05) is 9.75 Å². The lowest BCUT2D eigenvalue weighted by atomic mass is 10.1. The second-order valence-electron chi connectivity index (χ2n) is 3.30. The summed E-state index contributed by atoms with van der Waals surface area (Å²) in [6, 6.07) is 4.22. The Bertz CT molecular complexity index is 470. The number of aryl methyl sites for hydroxylation is 1. The van der Waals surface area contributed by atoms with E-state index >= 15 is 0 Å². The monoisotopic (exact) mass is 398 g/mol. The van der Waals surface area contributed by atoms with Gasteiger partial charge in [0.15, 0.2) is 0 Å². The second kappa shape index (κ2) is 5.53. The van der Waals surface area contributed by atoms with E-state index in [2.05, 4.69) is 50.2 Å². The van der Waals surface area contributed by atoms with E-state index in [4.69, 9.17) is 11.6 Å². The number of hydrogen-bond donors (Lipinski definition) is 0. The van der Waals surface area contributed by atoms with Crippen molar-refractivity contribution in [3.8, 4) is 0 Å². The lowest BCUT2D eigenvalue weighted by molar-refractivity contribution is 1.10. The van der Waals surface area contributed by atoms with Crippen LogP contribution in [-0.2, 0) is 6.42 Å². The van der Waals surface area contributed by atoms with Gasteiger partial charge in [-0.15, -0.1) is 22.7 Å². The molecule has 0 nitrogen and oxygen atoms in total. The van der Waals surface area contributed by atoms with Crippen molar-refractivity contribution >= 4 is 66.1 Å². The molecular weight excluding hydrogens is 392 g/mol. The quantitative estimate of drug-likeness (QED) is 0.533. The fourth-order valence-corrected chi connectivity index (χ4v) is 5.31. The summed E-state index contributed by atoms with van der Waals surface area (Å²) in [5.74, 6) is 0. The first-order chi connectivity index (χ1) is 7.63. The van der Waals surface area contributed by atoms with E-state index < -0.39 is 0 Å². The van der Waals surface area contributed by atoms with Crippen LogP contribution < -0.4 is 0 Å². The first kappa shape index (κ1) is 13.1. The Hall–Kier alpha value is 0.650. The number of hydrogen-bond acceptors (Lipinski definition) is 2. The molecule has 0 aliphatic rings. The Labute approximate surface area is 125 Å². The van der Waals surface area contributed by atoms with Gasteiger partial charge in [0.2, 0.25) is 0 Å². The van der Waals surface area contributed by atoms with Crippen LogP contribution in [0, 0.1) is 0 Å². The molecular formula is C11H9Br2ClS2. The van der Waals surface area contributed by atoms with Gasteiger partial charge in [0.1, 0.15) is 0 Å². The van der Waals surface area contributed by atoms with Crippen molar-refractivity contribution in [2.24, 2.45) is 0 Å². The summed E-state index contributed by atoms with van der Waals surface area (Å²) in [5.41, 5.74) is 1.41. The zero-order valence-corrected chi connectivity index (χ0v) is 14.0. The van der Waals surface area contributed by atoms with Gasteiger partial charge in [-0.1, -0.05) is 34.5 Å². The van der Waals surface area contributed by atoms with E-state index in [1.807, 2.05) is 6.07 Å². The summed E-state index contributed by atoms with van der Waals surface area (Å²) in [4.78, 5) is 2.89. The summed E-state index contributed by atoms with van der Waals surface area (Å²) in [6.07, 6.45) is 1.07. The van der Waals surface area contributed by atoms with E-state index in [1.165, 1.54) is 15.3 Å². The highest BCUT2D eigenvalue weighted by molar-refractivity contribution is 9.11. The van der Waals surface area contributed by atoms with Gasteiger partial charge in [-0.25, -0.2) is 0 Å². The standard InChI is InChI=1S/C11H9Br2ClS2/c1-2-6-3-4-15-10(6)9(12)8-5-7(14)11(13)16-8/h3-5,9H,2H2,1H3. The molecule has 16 heavy (non-hydrogen) atoms. The number of rotatable bonds is 3. The molecule has 86 valence electrons. The van der Waals surface area contributed by atoms with E-state index in [0.717, 1.165) is 15.2 Å². The largest absolute Gasteiger partial charge is 0.147 e. The fraction of sp³-hybridized carbons (Fsp3) is 0.273. The summed E-state index contributed by atoms with van der Waals surface area (Å²) >= 11 is 16.7. The van der Waals surface area contributed by atoms with E-state index in [-0.39, 0.29) is 4.83 Å². The fourth-order valence-electron chi connectivity index (χ4n) is 1.48. The molecule has 0 aliphatic carbocycles. The second-order valence-corrected chi connectivity index (χ2v) is 7.97. The average Bonchev–Trinajstić information content (AvgIpc) is 2.85. The maximum absolute atomic E-state index is 6.05. The van der Waals surface area contributed by atoms with Crippen molar-refractivity contribution in [2.75, 3.05) is 0 Å². The Kier molecular flexibility index (Phi) is 4.52. The zero-order chi connectivity index (χ0) is 11.7. The van der Waals surface area contributed by atoms with Crippen LogP contribution in [0.15, 0.2) is 21.3 Å². The lowest BCUT2D eigenvalue weighted by Gasteiger charge is -2.07. The molecule has 0 saturated carbocycles. The highest BCUT2D eigenvalue weighted by atomic mass is 79.9. The predicted octanol–water partition coefficient (Wildman–Crippen LogP) is 6.27. The number of thiophene rings is 2. The van der Waals surface area contributed by atoms with Crippen molar-refractivity contribution < 1.29 is 0 Å². The molecule has 0 N–H and O–H groups in total. The van der Waals surface area contributed by atoms with Gasteiger partial charge in [0.05, 0.1) is 13.6 Å². The van der Waals surface area contributed by atoms with Gasteiger partial charge < -0.3 is 0 Å². The third kappa shape index (κ3) is 2.56.